The molecule has 1 amide bonds. The van der Waals surface area contributed by atoms with Gasteiger partial charge >= 0.3 is 0 Å². The number of amides is 1. The molecule has 2 aromatic rings. The number of piperazine rings is 1. The van der Waals surface area contributed by atoms with E-state index in [2.05, 4.69) is 25.9 Å². The molecule has 0 aliphatic carbocycles. The molecule has 2 saturated heterocycles. The van der Waals surface area contributed by atoms with Crippen LogP contribution in [0.15, 0.2) is 22.7 Å². The molecule has 3 heterocycles. The van der Waals surface area contributed by atoms with Gasteiger partial charge in [-0.05, 0) is 38.5 Å². The number of nitrogens with zero attached hydrogens (tertiary/aromatic N) is 4. The Morgan fingerprint density at radius 3 is 2.53 bits per heavy atom. The van der Waals surface area contributed by atoms with Crippen LogP contribution in [0.4, 0.5) is 5.69 Å². The molecule has 0 saturated carbocycles. The van der Waals surface area contributed by atoms with E-state index in [0.717, 1.165) is 21.5 Å². The number of rotatable bonds is 3. The Morgan fingerprint density at radius 2 is 1.90 bits per heavy atom. The summed E-state index contributed by atoms with van der Waals surface area (Å²) in [5.41, 5.74) is 3.44. The van der Waals surface area contributed by atoms with Crippen LogP contribution in [0, 0.1) is 13.8 Å². The summed E-state index contributed by atoms with van der Waals surface area (Å²) in [4.78, 5) is 17.0. The molecule has 1 unspecified atom stereocenters. The van der Waals surface area contributed by atoms with Gasteiger partial charge in [0.2, 0.25) is 0 Å². The second-order valence-electron chi connectivity index (χ2n) is 7.92. The van der Waals surface area contributed by atoms with Crippen molar-refractivity contribution in [2.45, 2.75) is 26.3 Å². The van der Waals surface area contributed by atoms with Crippen molar-refractivity contribution >= 4 is 49.0 Å². The number of carbonyl (C=O) groups is 1. The normalized spacial score (nSPS) is 21.3. The molecule has 10 heteroatoms. The lowest BCUT2D eigenvalue weighted by molar-refractivity contribution is 0.0747. The van der Waals surface area contributed by atoms with E-state index in [9.17, 15) is 13.2 Å². The number of aromatic nitrogens is 2. The molecule has 1 aromatic heterocycles. The molecule has 1 atom stereocenters. The molecule has 0 radical (unpaired) electrons. The van der Waals surface area contributed by atoms with Crippen molar-refractivity contribution in [1.29, 1.82) is 0 Å². The number of carbonyl (C=O) groups excluding carboxylic acids is 1. The van der Waals surface area contributed by atoms with E-state index in [-0.39, 0.29) is 23.5 Å². The average Bonchev–Trinajstić information content (AvgIpc) is 3.21. The second kappa shape index (κ2) is 8.16. The third-order valence-electron chi connectivity index (χ3n) is 5.88. The highest BCUT2D eigenvalue weighted by atomic mass is 79.9. The lowest BCUT2D eigenvalue weighted by Gasteiger charge is -2.36. The Kier molecular flexibility index (Phi) is 5.89. The van der Waals surface area contributed by atoms with Gasteiger partial charge in [-0.25, -0.2) is 8.42 Å². The Labute approximate surface area is 190 Å². The monoisotopic (exact) mass is 514 g/mol. The molecule has 2 aliphatic rings. The number of anilines is 1. The van der Waals surface area contributed by atoms with Gasteiger partial charge in [0, 0.05) is 30.7 Å². The Bertz CT molecular complexity index is 1090. The maximum absolute atomic E-state index is 12.9. The molecule has 4 rings (SSSR count). The summed E-state index contributed by atoms with van der Waals surface area (Å²) in [5.74, 6) is 0.315. The van der Waals surface area contributed by atoms with E-state index in [4.69, 9.17) is 11.6 Å². The van der Waals surface area contributed by atoms with Crippen molar-refractivity contribution in [2.24, 2.45) is 0 Å². The summed E-state index contributed by atoms with van der Waals surface area (Å²) < 4.78 is 26.5. The first kappa shape index (κ1) is 21.6. The molecule has 162 valence electrons. The van der Waals surface area contributed by atoms with Gasteiger partial charge in [0.05, 0.1) is 45.2 Å². The molecule has 30 heavy (non-hydrogen) atoms. The third-order valence-corrected chi connectivity index (χ3v) is 8.46. The highest BCUT2D eigenvalue weighted by molar-refractivity contribution is 9.10. The summed E-state index contributed by atoms with van der Waals surface area (Å²) in [6.45, 7) is 6.51. The summed E-state index contributed by atoms with van der Waals surface area (Å²) in [5, 5.41) is 5.11. The SMILES string of the molecule is Cc1nn(C2CCS(=O)(=O)C2)c(C)c1N1CCN(C(=O)c2cc(Br)ccc2Cl)CC1. The van der Waals surface area contributed by atoms with Crippen molar-refractivity contribution < 1.29 is 13.2 Å². The molecule has 0 N–H and O–H groups in total. The van der Waals surface area contributed by atoms with Crippen molar-refractivity contribution in [2.75, 3.05) is 42.6 Å². The highest BCUT2D eigenvalue weighted by Gasteiger charge is 2.33. The first-order valence-corrected chi connectivity index (χ1v) is 12.9. The zero-order valence-electron chi connectivity index (χ0n) is 16.9. The first-order valence-electron chi connectivity index (χ1n) is 9.91. The van der Waals surface area contributed by atoms with Gasteiger partial charge in [0.25, 0.3) is 5.91 Å². The summed E-state index contributed by atoms with van der Waals surface area (Å²) >= 11 is 9.63. The first-order chi connectivity index (χ1) is 14.2. The van der Waals surface area contributed by atoms with E-state index in [1.165, 1.54) is 0 Å². The Hall–Kier alpha value is -1.58. The third kappa shape index (κ3) is 4.11. The van der Waals surface area contributed by atoms with Crippen LogP contribution >= 0.6 is 27.5 Å². The average molecular weight is 516 g/mol. The van der Waals surface area contributed by atoms with Crippen LogP contribution in [0.1, 0.15) is 34.2 Å². The van der Waals surface area contributed by atoms with E-state index in [0.29, 0.717) is 43.2 Å². The fraction of sp³-hybridized carbons (Fsp3) is 0.500. The van der Waals surface area contributed by atoms with E-state index in [1.807, 2.05) is 29.5 Å². The van der Waals surface area contributed by atoms with Crippen LogP contribution in [0.2, 0.25) is 5.02 Å². The van der Waals surface area contributed by atoms with E-state index >= 15 is 0 Å². The number of sulfone groups is 1. The standard InChI is InChI=1S/C20H24BrClN4O3S/c1-13-19(14(2)26(23-13)16-5-10-30(28,29)12-16)24-6-8-25(9-7-24)20(27)17-11-15(21)3-4-18(17)22/h3-4,11,16H,5-10,12H2,1-2H3. The van der Waals surface area contributed by atoms with Crippen LogP contribution in [0.3, 0.4) is 0 Å². The van der Waals surface area contributed by atoms with Crippen molar-refractivity contribution in [3.8, 4) is 0 Å². The Morgan fingerprint density at radius 1 is 1.20 bits per heavy atom. The molecular formula is C20H24BrClN4O3S. The lowest BCUT2D eigenvalue weighted by Crippen LogP contribution is -2.49. The smallest absolute Gasteiger partial charge is 0.255 e. The molecule has 0 bridgehead atoms. The number of benzene rings is 1. The number of aryl methyl sites for hydroxylation is 1. The van der Waals surface area contributed by atoms with Gasteiger partial charge in [0.1, 0.15) is 0 Å². The quantitative estimate of drug-likeness (QED) is 0.627. The van der Waals surface area contributed by atoms with Crippen LogP contribution in [-0.2, 0) is 9.84 Å². The highest BCUT2D eigenvalue weighted by Crippen LogP contribution is 2.32. The van der Waals surface area contributed by atoms with Gasteiger partial charge in [-0.1, -0.05) is 27.5 Å². The van der Waals surface area contributed by atoms with Gasteiger partial charge in [-0.3, -0.25) is 9.48 Å². The van der Waals surface area contributed by atoms with Gasteiger partial charge in [0.15, 0.2) is 9.84 Å². The minimum Gasteiger partial charge on any atom is -0.365 e. The summed E-state index contributed by atoms with van der Waals surface area (Å²) in [7, 11) is -2.97. The van der Waals surface area contributed by atoms with E-state index in [1.54, 1.807) is 12.1 Å². The van der Waals surface area contributed by atoms with Crippen LogP contribution in [-0.4, -0.2) is 66.7 Å². The number of hydrogen-bond donors (Lipinski definition) is 0. The van der Waals surface area contributed by atoms with Gasteiger partial charge in [-0.15, -0.1) is 0 Å². The maximum atomic E-state index is 12.9. The summed E-state index contributed by atoms with van der Waals surface area (Å²) in [6, 6.07) is 5.20. The zero-order valence-corrected chi connectivity index (χ0v) is 20.1. The topological polar surface area (TPSA) is 75.5 Å². The lowest BCUT2D eigenvalue weighted by atomic mass is 10.1. The van der Waals surface area contributed by atoms with Crippen LogP contribution in [0.5, 0.6) is 0 Å². The Balaban J connectivity index is 1.48. The molecule has 1 aromatic carbocycles. The van der Waals surface area contributed by atoms with Gasteiger partial charge in [-0.2, -0.15) is 5.10 Å². The molecule has 0 spiro atoms. The molecular weight excluding hydrogens is 492 g/mol. The summed E-state index contributed by atoms with van der Waals surface area (Å²) in [6.07, 6.45) is 0.611. The predicted octanol–water partition coefficient (Wildman–Crippen LogP) is 3.24. The fourth-order valence-electron chi connectivity index (χ4n) is 4.40. The fourth-order valence-corrected chi connectivity index (χ4v) is 6.65. The van der Waals surface area contributed by atoms with Gasteiger partial charge < -0.3 is 9.80 Å². The number of halogens is 2. The predicted molar refractivity (Wildman–Crippen MR) is 121 cm³/mol. The van der Waals surface area contributed by atoms with Crippen LogP contribution in [0.25, 0.3) is 0 Å². The van der Waals surface area contributed by atoms with Crippen molar-refractivity contribution in [3.63, 3.8) is 0 Å². The second-order valence-corrected chi connectivity index (χ2v) is 11.5. The van der Waals surface area contributed by atoms with E-state index < -0.39 is 9.84 Å². The maximum Gasteiger partial charge on any atom is 0.255 e. The minimum atomic E-state index is -2.97. The van der Waals surface area contributed by atoms with Crippen molar-refractivity contribution in [1.82, 2.24) is 14.7 Å². The molecule has 7 nitrogen and oxygen atoms in total. The largest absolute Gasteiger partial charge is 0.365 e. The molecule has 2 fully saturated rings. The van der Waals surface area contributed by atoms with Crippen LogP contribution < -0.4 is 4.90 Å². The molecule has 2 aliphatic heterocycles. The zero-order chi connectivity index (χ0) is 21.6. The number of hydrogen-bond acceptors (Lipinski definition) is 5. The van der Waals surface area contributed by atoms with Crippen molar-refractivity contribution in [3.05, 3.63) is 44.6 Å². The minimum absolute atomic E-state index is 0.0683.